The van der Waals surface area contributed by atoms with Gasteiger partial charge in [-0.25, -0.2) is 4.79 Å². The van der Waals surface area contributed by atoms with E-state index in [1.54, 1.807) is 26.0 Å². The van der Waals surface area contributed by atoms with Crippen LogP contribution in [0, 0.1) is 0 Å². The van der Waals surface area contributed by atoms with E-state index in [4.69, 9.17) is 17.0 Å². The third kappa shape index (κ3) is 4.16. The Balaban J connectivity index is 2.32. The highest BCUT2D eigenvalue weighted by molar-refractivity contribution is 7.80. The lowest BCUT2D eigenvalue weighted by Crippen LogP contribution is -2.45. The Morgan fingerprint density at radius 2 is 2.00 bits per heavy atom. The fraction of sp³-hybridized carbons (Fsp3) is 0.333. The number of allylic oxidation sites excluding steroid dienone is 1. The Morgan fingerprint density at radius 3 is 2.57 bits per heavy atom. The number of ether oxygens (including phenoxy) is 2. The molecule has 5 nitrogen and oxygen atoms in total. The zero-order valence-corrected chi connectivity index (χ0v) is 13.4. The number of hydrogen-bond acceptors (Lipinski definition) is 4. The van der Waals surface area contributed by atoms with E-state index in [2.05, 4.69) is 15.4 Å². The Morgan fingerprint density at radius 1 is 1.35 bits per heavy atom. The van der Waals surface area contributed by atoms with Crippen molar-refractivity contribution in [3.8, 4) is 5.75 Å². The molecule has 0 unspecified atom stereocenters. The van der Waals surface area contributed by atoms with Crippen LogP contribution in [0.1, 0.15) is 25.5 Å². The van der Waals surface area contributed by atoms with Crippen molar-refractivity contribution in [1.29, 1.82) is 0 Å². The molecule has 0 fully saturated rings. The summed E-state index contributed by atoms with van der Waals surface area (Å²) in [5, 5.41) is 6.24. The normalized spacial score (nSPS) is 17.6. The van der Waals surface area contributed by atoms with E-state index < -0.39 is 18.6 Å². The Hall–Kier alpha value is -2.22. The average molecular weight is 342 g/mol. The highest BCUT2D eigenvalue weighted by Gasteiger charge is 2.30. The quantitative estimate of drug-likeness (QED) is 0.634. The number of alkyl halides is 2. The summed E-state index contributed by atoms with van der Waals surface area (Å²) in [6.45, 7) is 0.796. The smallest absolute Gasteiger partial charge is 0.387 e. The maximum atomic E-state index is 12.2. The molecular weight excluding hydrogens is 326 g/mol. The molecule has 8 heteroatoms. The van der Waals surface area contributed by atoms with Crippen LogP contribution in [0.25, 0.3) is 0 Å². The van der Waals surface area contributed by atoms with Crippen molar-refractivity contribution < 1.29 is 23.0 Å². The number of benzene rings is 1. The zero-order valence-electron chi connectivity index (χ0n) is 12.6. The number of nitrogens with one attached hydrogen (secondary N) is 2. The number of esters is 1. The van der Waals surface area contributed by atoms with E-state index in [-0.39, 0.29) is 12.4 Å². The second kappa shape index (κ2) is 7.36. The van der Waals surface area contributed by atoms with Crippen LogP contribution < -0.4 is 15.4 Å². The van der Waals surface area contributed by atoms with E-state index >= 15 is 0 Å². The second-order valence-electron chi connectivity index (χ2n) is 4.74. The van der Waals surface area contributed by atoms with Gasteiger partial charge < -0.3 is 20.1 Å². The molecule has 1 heterocycles. The molecule has 1 aromatic rings. The molecule has 124 valence electrons. The first-order valence-corrected chi connectivity index (χ1v) is 7.33. The van der Waals surface area contributed by atoms with Gasteiger partial charge in [0.2, 0.25) is 0 Å². The van der Waals surface area contributed by atoms with Gasteiger partial charge in [0.15, 0.2) is 5.11 Å². The molecule has 23 heavy (non-hydrogen) atoms. The molecule has 1 atom stereocenters. The molecule has 1 aliphatic rings. The van der Waals surface area contributed by atoms with Crippen molar-refractivity contribution in [2.75, 3.05) is 6.61 Å². The lowest BCUT2D eigenvalue weighted by molar-refractivity contribution is -0.139. The summed E-state index contributed by atoms with van der Waals surface area (Å²) in [7, 11) is 0. The first kappa shape index (κ1) is 17.1. The molecule has 0 spiro atoms. The Kier molecular flexibility index (Phi) is 5.49. The maximum absolute atomic E-state index is 12.2. The minimum atomic E-state index is -2.89. The van der Waals surface area contributed by atoms with Gasteiger partial charge in [0.25, 0.3) is 0 Å². The van der Waals surface area contributed by atoms with Crippen molar-refractivity contribution in [1.82, 2.24) is 10.6 Å². The van der Waals surface area contributed by atoms with Gasteiger partial charge in [-0.2, -0.15) is 8.78 Å². The number of rotatable bonds is 5. The fourth-order valence-corrected chi connectivity index (χ4v) is 2.54. The number of carbonyl (C=O) groups is 1. The van der Waals surface area contributed by atoms with E-state index in [0.29, 0.717) is 21.9 Å². The molecule has 0 saturated heterocycles. The monoisotopic (exact) mass is 342 g/mol. The van der Waals surface area contributed by atoms with Gasteiger partial charge in [-0.3, -0.25) is 0 Å². The van der Waals surface area contributed by atoms with Crippen molar-refractivity contribution in [3.63, 3.8) is 0 Å². The van der Waals surface area contributed by atoms with Crippen LogP contribution in [0.5, 0.6) is 5.75 Å². The topological polar surface area (TPSA) is 59.6 Å². The molecule has 2 rings (SSSR count). The third-order valence-corrected chi connectivity index (χ3v) is 3.42. The van der Waals surface area contributed by atoms with Crippen molar-refractivity contribution in [3.05, 3.63) is 41.1 Å². The molecule has 1 aliphatic heterocycles. The summed E-state index contributed by atoms with van der Waals surface area (Å²) in [5.74, 6) is -0.427. The predicted molar refractivity (Wildman–Crippen MR) is 84.0 cm³/mol. The summed E-state index contributed by atoms with van der Waals surface area (Å²) >= 11 is 5.11. The summed E-state index contributed by atoms with van der Waals surface area (Å²) in [6.07, 6.45) is 0. The summed E-state index contributed by atoms with van der Waals surface area (Å²) in [5.41, 5.74) is 1.66. The van der Waals surface area contributed by atoms with E-state index in [0.717, 1.165) is 0 Å². The Labute approximate surface area is 137 Å². The molecule has 2 N–H and O–H groups in total. The molecular formula is C15H16F2N2O3S. The van der Waals surface area contributed by atoms with Gasteiger partial charge in [-0.15, -0.1) is 0 Å². The van der Waals surface area contributed by atoms with Crippen LogP contribution in [0.4, 0.5) is 8.78 Å². The van der Waals surface area contributed by atoms with Gasteiger partial charge in [-0.05, 0) is 43.8 Å². The van der Waals surface area contributed by atoms with Crippen molar-refractivity contribution in [2.24, 2.45) is 0 Å². The highest BCUT2D eigenvalue weighted by atomic mass is 32.1. The first-order valence-electron chi connectivity index (χ1n) is 6.92. The predicted octanol–water partition coefficient (Wildman–Crippen LogP) is 2.64. The number of hydrogen-bond donors (Lipinski definition) is 2. The summed E-state index contributed by atoms with van der Waals surface area (Å²) in [4.78, 5) is 12.2. The SMILES string of the molecule is CCOC(=O)C1=C(C)NC(=S)N[C@H]1c1ccc(OC(F)F)cc1. The van der Waals surface area contributed by atoms with Crippen molar-refractivity contribution >= 4 is 23.3 Å². The van der Waals surface area contributed by atoms with Gasteiger partial charge in [-0.1, -0.05) is 12.1 Å². The molecule has 0 aliphatic carbocycles. The molecule has 0 bridgehead atoms. The van der Waals surface area contributed by atoms with Crippen LogP contribution >= 0.6 is 12.2 Å². The van der Waals surface area contributed by atoms with Gasteiger partial charge in [0, 0.05) is 5.70 Å². The maximum Gasteiger partial charge on any atom is 0.387 e. The molecule has 0 radical (unpaired) electrons. The number of halogens is 2. The second-order valence-corrected chi connectivity index (χ2v) is 5.15. The Bertz CT molecular complexity index is 632. The largest absolute Gasteiger partial charge is 0.463 e. The van der Waals surface area contributed by atoms with Crippen LogP contribution in [-0.4, -0.2) is 24.3 Å². The lowest BCUT2D eigenvalue weighted by atomic mass is 9.95. The van der Waals surface area contributed by atoms with E-state index in [9.17, 15) is 13.6 Å². The van der Waals surface area contributed by atoms with Crippen molar-refractivity contribution in [2.45, 2.75) is 26.5 Å². The standard InChI is InChI=1S/C15H16F2N2O3S/c1-3-21-13(20)11-8(2)18-15(23)19-12(11)9-4-6-10(7-5-9)22-14(16)17/h4-7,12,14H,3H2,1-2H3,(H2,18,19,23)/t12-/m0/s1. The molecule has 0 saturated carbocycles. The zero-order chi connectivity index (χ0) is 17.0. The van der Waals surface area contributed by atoms with Crippen LogP contribution in [0.3, 0.4) is 0 Å². The minimum absolute atomic E-state index is 0.0404. The lowest BCUT2D eigenvalue weighted by Gasteiger charge is -2.29. The molecule has 0 aromatic heterocycles. The van der Waals surface area contributed by atoms with E-state index in [1.807, 2.05) is 0 Å². The number of thiocarbonyl (C=S) groups is 1. The average Bonchev–Trinajstić information content (AvgIpc) is 2.46. The van der Waals surface area contributed by atoms with E-state index in [1.165, 1.54) is 12.1 Å². The first-order chi connectivity index (χ1) is 10.9. The van der Waals surface area contributed by atoms with Crippen LogP contribution in [-0.2, 0) is 9.53 Å². The molecule has 0 amide bonds. The third-order valence-electron chi connectivity index (χ3n) is 3.20. The molecule has 1 aromatic carbocycles. The number of carbonyl (C=O) groups excluding carboxylic acids is 1. The summed E-state index contributed by atoms with van der Waals surface area (Å²) in [6, 6.07) is 5.48. The van der Waals surface area contributed by atoms with Crippen LogP contribution in [0.2, 0.25) is 0 Å². The van der Waals surface area contributed by atoms with Gasteiger partial charge in [0.1, 0.15) is 5.75 Å². The van der Waals surface area contributed by atoms with Crippen LogP contribution in [0.15, 0.2) is 35.5 Å². The minimum Gasteiger partial charge on any atom is -0.463 e. The summed E-state index contributed by atoms with van der Waals surface area (Å²) < 4.78 is 33.8. The van der Waals surface area contributed by atoms with Gasteiger partial charge >= 0.3 is 12.6 Å². The fourth-order valence-electron chi connectivity index (χ4n) is 2.26. The van der Waals surface area contributed by atoms with Gasteiger partial charge in [0.05, 0.1) is 18.2 Å². The highest BCUT2D eigenvalue weighted by Crippen LogP contribution is 2.29.